The van der Waals surface area contributed by atoms with Crippen molar-refractivity contribution in [3.8, 4) is 5.88 Å². The van der Waals surface area contributed by atoms with Crippen molar-refractivity contribution in [2.75, 3.05) is 12.4 Å². The molecule has 1 heterocycles. The van der Waals surface area contributed by atoms with Gasteiger partial charge in [-0.25, -0.2) is 22.9 Å². The van der Waals surface area contributed by atoms with Gasteiger partial charge in [0.2, 0.25) is 15.9 Å². The second-order valence-corrected chi connectivity index (χ2v) is 5.81. The molecule has 0 fully saturated rings. The number of methoxy groups -OCH3 is 1. The van der Waals surface area contributed by atoms with Gasteiger partial charge in [0.15, 0.2) is 0 Å². The summed E-state index contributed by atoms with van der Waals surface area (Å²) >= 11 is 0. The number of aromatic nitrogens is 1. The highest BCUT2D eigenvalue weighted by atomic mass is 32.2. The van der Waals surface area contributed by atoms with Crippen molar-refractivity contribution < 1.29 is 17.5 Å². The van der Waals surface area contributed by atoms with Crippen molar-refractivity contribution in [1.82, 2.24) is 4.98 Å². The van der Waals surface area contributed by atoms with Crippen LogP contribution in [0.15, 0.2) is 41.4 Å². The number of sulfonamides is 1. The van der Waals surface area contributed by atoms with E-state index in [2.05, 4.69) is 10.3 Å². The van der Waals surface area contributed by atoms with Crippen LogP contribution in [0, 0.1) is 5.82 Å². The highest BCUT2D eigenvalue weighted by Gasteiger charge is 2.11. The SMILES string of the molecule is COc1ccc(CNc2ccc(S(N)(=O)=O)cc2F)cn1. The molecule has 3 N–H and O–H groups in total. The van der Waals surface area contributed by atoms with Crippen molar-refractivity contribution in [1.29, 1.82) is 0 Å². The molecule has 0 spiro atoms. The second-order valence-electron chi connectivity index (χ2n) is 4.25. The molecule has 6 nitrogen and oxygen atoms in total. The fraction of sp³-hybridized carbons (Fsp3) is 0.154. The Morgan fingerprint density at radius 3 is 2.62 bits per heavy atom. The number of primary sulfonamides is 1. The fourth-order valence-corrected chi connectivity index (χ4v) is 2.18. The third-order valence-corrected chi connectivity index (χ3v) is 3.67. The molecule has 112 valence electrons. The molecule has 0 bridgehead atoms. The highest BCUT2D eigenvalue weighted by Crippen LogP contribution is 2.19. The molecule has 0 aliphatic heterocycles. The first kappa shape index (κ1) is 15.2. The van der Waals surface area contributed by atoms with Crippen LogP contribution in [-0.2, 0) is 16.6 Å². The maximum atomic E-state index is 13.8. The van der Waals surface area contributed by atoms with E-state index in [1.807, 2.05) is 0 Å². The molecule has 1 aromatic heterocycles. The molecule has 0 atom stereocenters. The van der Waals surface area contributed by atoms with E-state index in [0.29, 0.717) is 12.4 Å². The summed E-state index contributed by atoms with van der Waals surface area (Å²) in [6.07, 6.45) is 1.60. The number of anilines is 1. The average molecular weight is 311 g/mol. The highest BCUT2D eigenvalue weighted by molar-refractivity contribution is 7.89. The first-order valence-corrected chi connectivity index (χ1v) is 7.50. The molecule has 8 heteroatoms. The molecule has 21 heavy (non-hydrogen) atoms. The van der Waals surface area contributed by atoms with Gasteiger partial charge in [-0.05, 0) is 23.8 Å². The van der Waals surface area contributed by atoms with Crippen molar-refractivity contribution >= 4 is 15.7 Å². The quantitative estimate of drug-likeness (QED) is 0.872. The van der Waals surface area contributed by atoms with E-state index in [0.717, 1.165) is 11.6 Å². The average Bonchev–Trinajstić information content (AvgIpc) is 2.45. The minimum atomic E-state index is -3.91. The van der Waals surface area contributed by atoms with Gasteiger partial charge >= 0.3 is 0 Å². The molecule has 0 radical (unpaired) electrons. The summed E-state index contributed by atoms with van der Waals surface area (Å²) in [5.74, 6) is -0.203. The number of hydrogen-bond donors (Lipinski definition) is 2. The van der Waals surface area contributed by atoms with Crippen LogP contribution >= 0.6 is 0 Å². The maximum Gasteiger partial charge on any atom is 0.238 e. The molecule has 2 rings (SSSR count). The standard InChI is InChI=1S/C13H14FN3O3S/c1-20-13-5-2-9(8-17-13)7-16-12-4-3-10(6-11(12)14)21(15,18)19/h2-6,8,16H,7H2,1H3,(H2,15,18,19). The minimum absolute atomic E-state index is 0.179. The lowest BCUT2D eigenvalue weighted by atomic mass is 10.2. The van der Waals surface area contributed by atoms with Crippen molar-refractivity contribution in [3.05, 3.63) is 47.9 Å². The summed E-state index contributed by atoms with van der Waals surface area (Å²) in [4.78, 5) is 3.76. The second kappa shape index (κ2) is 6.06. The van der Waals surface area contributed by atoms with Crippen LogP contribution in [0.25, 0.3) is 0 Å². The lowest BCUT2D eigenvalue weighted by molar-refractivity contribution is 0.397. The number of pyridine rings is 1. The van der Waals surface area contributed by atoms with E-state index < -0.39 is 15.8 Å². The van der Waals surface area contributed by atoms with Gasteiger partial charge in [-0.3, -0.25) is 0 Å². The Morgan fingerprint density at radius 2 is 2.10 bits per heavy atom. The normalized spacial score (nSPS) is 11.2. The van der Waals surface area contributed by atoms with E-state index in [1.165, 1.54) is 19.2 Å². The van der Waals surface area contributed by atoms with Gasteiger partial charge in [-0.1, -0.05) is 6.07 Å². The molecule has 0 saturated heterocycles. The van der Waals surface area contributed by atoms with Crippen LogP contribution in [0.5, 0.6) is 5.88 Å². The summed E-state index contributed by atoms with van der Waals surface area (Å²) in [5.41, 5.74) is 1.00. The largest absolute Gasteiger partial charge is 0.481 e. The van der Waals surface area contributed by atoms with E-state index in [-0.39, 0.29) is 10.6 Å². The smallest absolute Gasteiger partial charge is 0.238 e. The molecular formula is C13H14FN3O3S. The number of nitrogens with zero attached hydrogens (tertiary/aromatic N) is 1. The summed E-state index contributed by atoms with van der Waals surface area (Å²) < 4.78 is 40.9. The summed E-state index contributed by atoms with van der Waals surface area (Å²) in [7, 11) is -2.39. The molecule has 0 amide bonds. The van der Waals surface area contributed by atoms with Crippen LogP contribution in [0.3, 0.4) is 0 Å². The van der Waals surface area contributed by atoms with Crippen molar-refractivity contribution in [3.63, 3.8) is 0 Å². The lowest BCUT2D eigenvalue weighted by Gasteiger charge is -2.09. The van der Waals surface area contributed by atoms with E-state index in [4.69, 9.17) is 9.88 Å². The van der Waals surface area contributed by atoms with Crippen LogP contribution < -0.4 is 15.2 Å². The molecule has 1 aromatic carbocycles. The number of nitrogens with two attached hydrogens (primary N) is 1. The Labute approximate surface area is 121 Å². The van der Waals surface area contributed by atoms with Crippen molar-refractivity contribution in [2.24, 2.45) is 5.14 Å². The monoisotopic (exact) mass is 311 g/mol. The Balaban J connectivity index is 2.09. The summed E-state index contributed by atoms with van der Waals surface area (Å²) in [5, 5.41) is 7.79. The van der Waals surface area contributed by atoms with E-state index in [9.17, 15) is 12.8 Å². The van der Waals surface area contributed by atoms with Crippen LogP contribution in [0.2, 0.25) is 0 Å². The van der Waals surface area contributed by atoms with Gasteiger partial charge in [-0.15, -0.1) is 0 Å². The molecule has 2 aromatic rings. The molecule has 0 aliphatic rings. The van der Waals surface area contributed by atoms with Crippen molar-refractivity contribution in [2.45, 2.75) is 11.4 Å². The zero-order valence-electron chi connectivity index (χ0n) is 11.2. The number of halogens is 1. The summed E-state index contributed by atoms with van der Waals surface area (Å²) in [6, 6.07) is 6.93. The number of benzene rings is 1. The molecule has 0 saturated carbocycles. The first-order valence-electron chi connectivity index (χ1n) is 5.95. The van der Waals surface area contributed by atoms with Gasteiger partial charge in [0.25, 0.3) is 0 Å². The molecule has 0 aliphatic carbocycles. The predicted octanol–water partition coefficient (Wildman–Crippen LogP) is 1.49. The lowest BCUT2D eigenvalue weighted by Crippen LogP contribution is -2.12. The van der Waals surface area contributed by atoms with Gasteiger partial charge < -0.3 is 10.1 Å². The van der Waals surface area contributed by atoms with Gasteiger partial charge in [0, 0.05) is 18.8 Å². The van der Waals surface area contributed by atoms with Gasteiger partial charge in [0.05, 0.1) is 17.7 Å². The van der Waals surface area contributed by atoms with E-state index >= 15 is 0 Å². The van der Waals surface area contributed by atoms with E-state index in [1.54, 1.807) is 18.3 Å². The number of rotatable bonds is 5. The first-order chi connectivity index (χ1) is 9.90. The topological polar surface area (TPSA) is 94.3 Å². The zero-order valence-corrected chi connectivity index (χ0v) is 12.0. The fourth-order valence-electron chi connectivity index (χ4n) is 1.65. The maximum absolute atomic E-state index is 13.8. The Hall–Kier alpha value is -2.19. The number of nitrogens with one attached hydrogen (secondary N) is 1. The molecular weight excluding hydrogens is 297 g/mol. The van der Waals surface area contributed by atoms with Crippen LogP contribution in [-0.4, -0.2) is 20.5 Å². The third kappa shape index (κ3) is 3.89. The van der Waals surface area contributed by atoms with Crippen LogP contribution in [0.4, 0.5) is 10.1 Å². The Bertz CT molecular complexity index is 733. The van der Waals surface area contributed by atoms with Gasteiger partial charge in [0.1, 0.15) is 5.82 Å². The minimum Gasteiger partial charge on any atom is -0.481 e. The number of hydrogen-bond acceptors (Lipinski definition) is 5. The zero-order chi connectivity index (χ0) is 15.5. The number of ether oxygens (including phenoxy) is 1. The summed E-state index contributed by atoms with van der Waals surface area (Å²) in [6.45, 7) is 0.336. The van der Waals surface area contributed by atoms with Crippen LogP contribution in [0.1, 0.15) is 5.56 Å². The Morgan fingerprint density at radius 1 is 1.33 bits per heavy atom. The molecule has 0 unspecified atom stereocenters. The predicted molar refractivity (Wildman–Crippen MR) is 75.9 cm³/mol. The Kier molecular flexibility index (Phi) is 4.39. The van der Waals surface area contributed by atoms with Gasteiger partial charge in [-0.2, -0.15) is 0 Å². The third-order valence-electron chi connectivity index (χ3n) is 2.76.